The molecule has 0 radical (unpaired) electrons. The summed E-state index contributed by atoms with van der Waals surface area (Å²) in [6.45, 7) is 0.866. The zero-order valence-corrected chi connectivity index (χ0v) is 10.6. The molecule has 5 nitrogen and oxygen atoms in total. The van der Waals surface area contributed by atoms with Crippen LogP contribution in [0, 0.1) is 5.92 Å². The van der Waals surface area contributed by atoms with E-state index in [9.17, 15) is 4.79 Å². The van der Waals surface area contributed by atoms with Gasteiger partial charge in [-0.3, -0.25) is 9.89 Å². The highest BCUT2D eigenvalue weighted by Crippen LogP contribution is 2.36. The Labute approximate surface area is 107 Å². The first kappa shape index (κ1) is 11.6. The number of amides is 1. The second kappa shape index (κ2) is 4.63. The van der Waals surface area contributed by atoms with E-state index in [1.807, 2.05) is 4.90 Å². The molecule has 1 aliphatic carbocycles. The molecule has 1 aromatic rings. The molecule has 98 valence electrons. The fraction of sp³-hybridized carbons (Fsp3) is 0.692. The summed E-state index contributed by atoms with van der Waals surface area (Å²) in [5.41, 5.74) is 6.28. The topological polar surface area (TPSA) is 75.0 Å². The Hall–Kier alpha value is -1.52. The summed E-state index contributed by atoms with van der Waals surface area (Å²) in [6.07, 6.45) is 8.91. The minimum atomic E-state index is 0.0536. The fourth-order valence-electron chi connectivity index (χ4n) is 3.50. The highest BCUT2D eigenvalue weighted by atomic mass is 16.2. The molecule has 2 fully saturated rings. The lowest BCUT2D eigenvalue weighted by atomic mass is 9.78. The van der Waals surface area contributed by atoms with Crippen LogP contribution in [0.3, 0.4) is 0 Å². The summed E-state index contributed by atoms with van der Waals surface area (Å²) in [5, 5.41) is 6.49. The number of piperidine rings is 1. The summed E-state index contributed by atoms with van der Waals surface area (Å²) < 4.78 is 0. The minimum Gasteiger partial charge on any atom is -0.383 e. The highest BCUT2D eigenvalue weighted by Gasteiger charge is 2.36. The number of fused-ring (bicyclic) bond motifs is 1. The summed E-state index contributed by atoms with van der Waals surface area (Å²) in [5.74, 6) is 1.14. The molecule has 2 atom stereocenters. The monoisotopic (exact) mass is 248 g/mol. The van der Waals surface area contributed by atoms with Crippen molar-refractivity contribution >= 4 is 11.7 Å². The van der Waals surface area contributed by atoms with E-state index in [4.69, 9.17) is 5.73 Å². The second-order valence-electron chi connectivity index (χ2n) is 5.45. The molecule has 1 saturated carbocycles. The van der Waals surface area contributed by atoms with Gasteiger partial charge >= 0.3 is 0 Å². The maximum atomic E-state index is 12.5. The number of carbonyl (C=O) groups is 1. The van der Waals surface area contributed by atoms with Crippen LogP contribution in [0.4, 0.5) is 5.82 Å². The van der Waals surface area contributed by atoms with Gasteiger partial charge in [-0.25, -0.2) is 0 Å². The summed E-state index contributed by atoms with van der Waals surface area (Å²) in [4.78, 5) is 14.6. The molecule has 2 unspecified atom stereocenters. The van der Waals surface area contributed by atoms with Gasteiger partial charge in [0, 0.05) is 12.6 Å². The number of hydrogen-bond acceptors (Lipinski definition) is 3. The van der Waals surface area contributed by atoms with E-state index in [0.717, 1.165) is 19.4 Å². The maximum absolute atomic E-state index is 12.5. The van der Waals surface area contributed by atoms with Crippen molar-refractivity contribution in [2.24, 2.45) is 5.92 Å². The van der Waals surface area contributed by atoms with Gasteiger partial charge in [0.05, 0.1) is 6.20 Å². The maximum Gasteiger partial charge on any atom is 0.259 e. The van der Waals surface area contributed by atoms with Crippen molar-refractivity contribution in [3.05, 3.63) is 11.8 Å². The lowest BCUT2D eigenvalue weighted by Crippen LogP contribution is -2.49. The van der Waals surface area contributed by atoms with Crippen LogP contribution < -0.4 is 5.73 Å². The van der Waals surface area contributed by atoms with Crippen LogP contribution in [0.5, 0.6) is 0 Å². The third-order valence-corrected chi connectivity index (χ3v) is 4.40. The number of nitrogen functional groups attached to an aromatic ring is 1. The zero-order chi connectivity index (χ0) is 12.5. The highest BCUT2D eigenvalue weighted by molar-refractivity contribution is 5.98. The molecular formula is C13H20N4O. The van der Waals surface area contributed by atoms with E-state index >= 15 is 0 Å². The molecule has 1 aliphatic heterocycles. The first-order valence-electron chi connectivity index (χ1n) is 6.87. The fourth-order valence-corrected chi connectivity index (χ4v) is 3.50. The van der Waals surface area contributed by atoms with Gasteiger partial charge < -0.3 is 10.6 Å². The first-order chi connectivity index (χ1) is 8.77. The lowest BCUT2D eigenvalue weighted by Gasteiger charge is -2.44. The molecule has 1 saturated heterocycles. The molecule has 0 spiro atoms. The van der Waals surface area contributed by atoms with Crippen molar-refractivity contribution in [1.82, 2.24) is 15.1 Å². The second-order valence-corrected chi connectivity index (χ2v) is 5.45. The van der Waals surface area contributed by atoms with Crippen LogP contribution >= 0.6 is 0 Å². The van der Waals surface area contributed by atoms with Crippen LogP contribution in [-0.2, 0) is 0 Å². The molecule has 2 heterocycles. The largest absolute Gasteiger partial charge is 0.383 e. The third kappa shape index (κ3) is 1.87. The van der Waals surface area contributed by atoms with Gasteiger partial charge in [0.2, 0.25) is 0 Å². The Morgan fingerprint density at radius 2 is 2.11 bits per heavy atom. The molecule has 0 aromatic carbocycles. The summed E-state index contributed by atoms with van der Waals surface area (Å²) >= 11 is 0. The van der Waals surface area contributed by atoms with E-state index in [2.05, 4.69) is 10.2 Å². The van der Waals surface area contributed by atoms with Crippen LogP contribution in [0.15, 0.2) is 6.20 Å². The van der Waals surface area contributed by atoms with Crippen molar-refractivity contribution in [3.8, 4) is 0 Å². The average molecular weight is 248 g/mol. The molecule has 2 aliphatic rings. The van der Waals surface area contributed by atoms with Crippen molar-refractivity contribution in [2.75, 3.05) is 12.3 Å². The van der Waals surface area contributed by atoms with E-state index < -0.39 is 0 Å². The summed E-state index contributed by atoms with van der Waals surface area (Å²) in [6, 6.07) is 0.425. The quantitative estimate of drug-likeness (QED) is 0.795. The number of likely N-dealkylation sites (tertiary alicyclic amines) is 1. The minimum absolute atomic E-state index is 0.0536. The molecule has 5 heteroatoms. The molecule has 3 N–H and O–H groups in total. The van der Waals surface area contributed by atoms with Crippen molar-refractivity contribution in [3.63, 3.8) is 0 Å². The molecule has 0 bridgehead atoms. The van der Waals surface area contributed by atoms with Gasteiger partial charge in [-0.1, -0.05) is 12.8 Å². The number of hydrogen-bond donors (Lipinski definition) is 2. The van der Waals surface area contributed by atoms with Crippen molar-refractivity contribution in [1.29, 1.82) is 0 Å². The van der Waals surface area contributed by atoms with Crippen LogP contribution in [0.25, 0.3) is 0 Å². The predicted molar refractivity (Wildman–Crippen MR) is 69.0 cm³/mol. The lowest BCUT2D eigenvalue weighted by molar-refractivity contribution is 0.0392. The number of carbonyl (C=O) groups excluding carboxylic acids is 1. The van der Waals surface area contributed by atoms with Gasteiger partial charge in [-0.2, -0.15) is 5.10 Å². The zero-order valence-electron chi connectivity index (χ0n) is 10.6. The Bertz CT molecular complexity index is 440. The van der Waals surface area contributed by atoms with Crippen LogP contribution in [0.1, 0.15) is 48.9 Å². The van der Waals surface area contributed by atoms with Gasteiger partial charge in [0.1, 0.15) is 11.4 Å². The van der Waals surface area contributed by atoms with Crippen LogP contribution in [0.2, 0.25) is 0 Å². The number of anilines is 1. The van der Waals surface area contributed by atoms with Gasteiger partial charge in [-0.15, -0.1) is 0 Å². The number of rotatable bonds is 1. The molecule has 3 rings (SSSR count). The third-order valence-electron chi connectivity index (χ3n) is 4.40. The number of nitrogens with one attached hydrogen (secondary N) is 1. The van der Waals surface area contributed by atoms with Gasteiger partial charge in [0.15, 0.2) is 0 Å². The Morgan fingerprint density at radius 1 is 1.33 bits per heavy atom. The average Bonchev–Trinajstić information content (AvgIpc) is 2.83. The molecule has 18 heavy (non-hydrogen) atoms. The number of nitrogens with two attached hydrogens (primary N) is 1. The summed E-state index contributed by atoms with van der Waals surface area (Å²) in [7, 11) is 0. The van der Waals surface area contributed by atoms with Crippen molar-refractivity contribution in [2.45, 2.75) is 44.6 Å². The number of aromatic nitrogens is 2. The number of H-pyrrole nitrogens is 1. The normalized spacial score (nSPS) is 27.9. The Balaban J connectivity index is 1.82. The van der Waals surface area contributed by atoms with Gasteiger partial charge in [0.25, 0.3) is 5.91 Å². The predicted octanol–water partition coefficient (Wildman–Crippen LogP) is 1.79. The number of aromatic amines is 1. The Kier molecular flexibility index (Phi) is 2.97. The molecule has 1 aromatic heterocycles. The molecular weight excluding hydrogens is 228 g/mol. The molecule has 1 amide bonds. The van der Waals surface area contributed by atoms with Crippen LogP contribution in [-0.4, -0.2) is 33.6 Å². The standard InChI is InChI=1S/C13H20N4O/c14-12-10(8-15-16-12)13(18)17-7-3-5-9-4-1-2-6-11(9)17/h8-9,11H,1-7H2,(H3,14,15,16). The van der Waals surface area contributed by atoms with Gasteiger partial charge in [-0.05, 0) is 31.6 Å². The smallest absolute Gasteiger partial charge is 0.259 e. The van der Waals surface area contributed by atoms with E-state index in [-0.39, 0.29) is 5.91 Å². The van der Waals surface area contributed by atoms with Crippen molar-refractivity contribution < 1.29 is 4.79 Å². The first-order valence-corrected chi connectivity index (χ1v) is 6.87. The van der Waals surface area contributed by atoms with E-state index in [1.54, 1.807) is 6.20 Å². The SMILES string of the molecule is Nc1[nH]ncc1C(=O)N1CCCC2CCCCC21. The Morgan fingerprint density at radius 3 is 2.89 bits per heavy atom. The van der Waals surface area contributed by atoms with E-state index in [0.29, 0.717) is 23.3 Å². The van der Waals surface area contributed by atoms with E-state index in [1.165, 1.54) is 25.7 Å². The number of nitrogens with zero attached hydrogens (tertiary/aromatic N) is 2.